The lowest BCUT2D eigenvalue weighted by molar-refractivity contribution is -0.119. The predicted octanol–water partition coefficient (Wildman–Crippen LogP) is 0.927. The number of imidazole rings is 1. The molecular weight excluding hydrogens is 154 g/mol. The minimum Gasteiger partial charge on any atom is -0.331 e. The van der Waals surface area contributed by atoms with E-state index in [1.54, 1.807) is 17.3 Å². The minimum absolute atomic E-state index is 0.177. The summed E-state index contributed by atoms with van der Waals surface area (Å²) in [5, 5.41) is 0. The Kier molecular flexibility index (Phi) is 1.81. The molecule has 2 heterocycles. The van der Waals surface area contributed by atoms with E-state index in [-0.39, 0.29) is 5.91 Å². The van der Waals surface area contributed by atoms with Gasteiger partial charge in [-0.25, -0.2) is 4.98 Å². The number of amides is 1. The second-order valence-corrected chi connectivity index (χ2v) is 2.92. The van der Waals surface area contributed by atoms with E-state index in [9.17, 15) is 4.79 Å². The van der Waals surface area contributed by atoms with Gasteiger partial charge >= 0.3 is 0 Å². The van der Waals surface area contributed by atoms with Gasteiger partial charge in [0.05, 0.1) is 0 Å². The van der Waals surface area contributed by atoms with Gasteiger partial charge in [-0.1, -0.05) is 0 Å². The first-order chi connectivity index (χ1) is 5.88. The number of H-pyrrole nitrogens is 1. The van der Waals surface area contributed by atoms with Crippen molar-refractivity contribution in [3.8, 4) is 0 Å². The first kappa shape index (κ1) is 7.34. The van der Waals surface area contributed by atoms with Gasteiger partial charge in [-0.15, -0.1) is 0 Å². The van der Waals surface area contributed by atoms with Crippen molar-refractivity contribution in [2.45, 2.75) is 19.3 Å². The van der Waals surface area contributed by atoms with Crippen molar-refractivity contribution in [1.29, 1.82) is 0 Å². The van der Waals surface area contributed by atoms with Crippen molar-refractivity contribution in [3.63, 3.8) is 0 Å². The maximum absolute atomic E-state index is 11.4. The van der Waals surface area contributed by atoms with E-state index in [1.807, 2.05) is 0 Å². The molecule has 1 aliphatic rings. The SMILES string of the molecule is O=C1CCCCN1c1ncc[nH]1. The first-order valence-corrected chi connectivity index (χ1v) is 4.17. The van der Waals surface area contributed by atoms with E-state index in [0.717, 1.165) is 19.4 Å². The van der Waals surface area contributed by atoms with Gasteiger partial charge in [-0.2, -0.15) is 0 Å². The molecule has 64 valence electrons. The van der Waals surface area contributed by atoms with Crippen LogP contribution < -0.4 is 4.90 Å². The second kappa shape index (κ2) is 2.97. The predicted molar refractivity (Wildman–Crippen MR) is 44.8 cm³/mol. The van der Waals surface area contributed by atoms with Crippen LogP contribution in [0.25, 0.3) is 0 Å². The number of rotatable bonds is 1. The summed E-state index contributed by atoms with van der Waals surface area (Å²) >= 11 is 0. The van der Waals surface area contributed by atoms with Gasteiger partial charge in [-0.3, -0.25) is 9.69 Å². The fourth-order valence-corrected chi connectivity index (χ4v) is 1.43. The Morgan fingerprint density at radius 1 is 1.50 bits per heavy atom. The van der Waals surface area contributed by atoms with Crippen LogP contribution in [-0.4, -0.2) is 22.4 Å². The number of carbonyl (C=O) groups excluding carboxylic acids is 1. The lowest BCUT2D eigenvalue weighted by Gasteiger charge is -2.23. The standard InChI is InChI=1S/C8H11N3O/c12-7-3-1-2-6-11(7)8-9-4-5-10-8/h4-5H,1-3,6H2,(H,9,10). The molecule has 1 N–H and O–H groups in total. The van der Waals surface area contributed by atoms with Crippen molar-refractivity contribution in [2.24, 2.45) is 0 Å². The van der Waals surface area contributed by atoms with Crippen LogP contribution in [0.4, 0.5) is 5.95 Å². The largest absolute Gasteiger partial charge is 0.331 e. The molecular formula is C8H11N3O. The van der Waals surface area contributed by atoms with Crippen molar-refractivity contribution in [2.75, 3.05) is 11.4 Å². The molecule has 0 aromatic carbocycles. The molecule has 0 spiro atoms. The molecule has 1 aromatic rings. The fourth-order valence-electron chi connectivity index (χ4n) is 1.43. The summed E-state index contributed by atoms with van der Waals surface area (Å²) in [5.74, 6) is 0.857. The highest BCUT2D eigenvalue weighted by Gasteiger charge is 2.20. The van der Waals surface area contributed by atoms with Crippen molar-refractivity contribution in [1.82, 2.24) is 9.97 Å². The Bertz CT molecular complexity index is 268. The van der Waals surface area contributed by atoms with Crippen LogP contribution in [0.1, 0.15) is 19.3 Å². The van der Waals surface area contributed by atoms with Gasteiger partial charge < -0.3 is 4.98 Å². The normalized spacial score (nSPS) is 18.3. The van der Waals surface area contributed by atoms with E-state index in [1.165, 1.54) is 0 Å². The molecule has 1 amide bonds. The zero-order valence-electron chi connectivity index (χ0n) is 6.79. The van der Waals surface area contributed by atoms with Crippen LogP contribution in [0.15, 0.2) is 12.4 Å². The molecule has 0 unspecified atom stereocenters. The molecule has 1 saturated heterocycles. The van der Waals surface area contributed by atoms with E-state index < -0.39 is 0 Å². The Morgan fingerprint density at radius 2 is 2.42 bits per heavy atom. The van der Waals surface area contributed by atoms with Gasteiger partial charge in [0.2, 0.25) is 11.9 Å². The van der Waals surface area contributed by atoms with Crippen LogP contribution in [0.2, 0.25) is 0 Å². The summed E-state index contributed by atoms with van der Waals surface area (Å²) in [6.45, 7) is 0.798. The average Bonchev–Trinajstić information content (AvgIpc) is 2.57. The van der Waals surface area contributed by atoms with Crippen molar-refractivity contribution < 1.29 is 4.79 Å². The quantitative estimate of drug-likeness (QED) is 0.672. The molecule has 4 heteroatoms. The van der Waals surface area contributed by atoms with Gasteiger partial charge in [0.25, 0.3) is 0 Å². The van der Waals surface area contributed by atoms with Gasteiger partial charge in [0.1, 0.15) is 0 Å². The van der Waals surface area contributed by atoms with E-state index in [4.69, 9.17) is 0 Å². The van der Waals surface area contributed by atoms with E-state index in [0.29, 0.717) is 12.4 Å². The maximum Gasteiger partial charge on any atom is 0.229 e. The molecule has 1 aromatic heterocycles. The molecule has 2 rings (SSSR count). The molecule has 1 fully saturated rings. The van der Waals surface area contributed by atoms with Crippen molar-refractivity contribution >= 4 is 11.9 Å². The molecule has 0 bridgehead atoms. The molecule has 1 aliphatic heterocycles. The molecule has 0 radical (unpaired) electrons. The third-order valence-electron chi connectivity index (χ3n) is 2.06. The smallest absolute Gasteiger partial charge is 0.229 e. The number of piperidine rings is 1. The van der Waals surface area contributed by atoms with Crippen LogP contribution >= 0.6 is 0 Å². The third-order valence-corrected chi connectivity index (χ3v) is 2.06. The number of hydrogen-bond donors (Lipinski definition) is 1. The highest BCUT2D eigenvalue weighted by atomic mass is 16.2. The number of aromatic amines is 1. The summed E-state index contributed by atoms with van der Waals surface area (Å²) in [6, 6.07) is 0. The summed E-state index contributed by atoms with van der Waals surface area (Å²) in [4.78, 5) is 20.0. The second-order valence-electron chi connectivity index (χ2n) is 2.92. The number of carbonyl (C=O) groups is 1. The number of aromatic nitrogens is 2. The summed E-state index contributed by atoms with van der Waals surface area (Å²) in [6.07, 6.45) is 6.14. The highest BCUT2D eigenvalue weighted by molar-refractivity contribution is 5.92. The molecule has 12 heavy (non-hydrogen) atoms. The number of hydrogen-bond acceptors (Lipinski definition) is 2. The zero-order valence-corrected chi connectivity index (χ0v) is 6.79. The number of anilines is 1. The fraction of sp³-hybridized carbons (Fsp3) is 0.500. The van der Waals surface area contributed by atoms with Crippen LogP contribution in [0.3, 0.4) is 0 Å². The molecule has 0 atom stereocenters. The lowest BCUT2D eigenvalue weighted by atomic mass is 10.1. The average molecular weight is 165 g/mol. The Balaban J connectivity index is 2.17. The van der Waals surface area contributed by atoms with Gasteiger partial charge in [0, 0.05) is 25.4 Å². The van der Waals surface area contributed by atoms with Gasteiger partial charge in [0.15, 0.2) is 0 Å². The van der Waals surface area contributed by atoms with Crippen LogP contribution in [0, 0.1) is 0 Å². The monoisotopic (exact) mass is 165 g/mol. The summed E-state index contributed by atoms with van der Waals surface area (Å²) < 4.78 is 0. The molecule has 4 nitrogen and oxygen atoms in total. The summed E-state index contributed by atoms with van der Waals surface area (Å²) in [5.41, 5.74) is 0. The van der Waals surface area contributed by atoms with Crippen LogP contribution in [0.5, 0.6) is 0 Å². The lowest BCUT2D eigenvalue weighted by Crippen LogP contribution is -2.35. The topological polar surface area (TPSA) is 49.0 Å². The maximum atomic E-state index is 11.4. The van der Waals surface area contributed by atoms with Gasteiger partial charge in [-0.05, 0) is 12.8 Å². The Hall–Kier alpha value is -1.32. The number of nitrogens with one attached hydrogen (secondary N) is 1. The molecule has 0 aliphatic carbocycles. The zero-order chi connectivity index (χ0) is 8.39. The summed E-state index contributed by atoms with van der Waals surface area (Å²) in [7, 11) is 0. The minimum atomic E-state index is 0.177. The number of nitrogens with zero attached hydrogens (tertiary/aromatic N) is 2. The molecule has 0 saturated carbocycles. The Labute approximate surface area is 70.6 Å². The Morgan fingerprint density at radius 3 is 3.08 bits per heavy atom. The van der Waals surface area contributed by atoms with E-state index in [2.05, 4.69) is 9.97 Å². The van der Waals surface area contributed by atoms with E-state index >= 15 is 0 Å². The highest BCUT2D eigenvalue weighted by Crippen LogP contribution is 2.15. The van der Waals surface area contributed by atoms with Crippen molar-refractivity contribution in [3.05, 3.63) is 12.4 Å². The third kappa shape index (κ3) is 1.20. The first-order valence-electron chi connectivity index (χ1n) is 4.17. The van der Waals surface area contributed by atoms with Crippen LogP contribution in [-0.2, 0) is 4.79 Å².